The van der Waals surface area contributed by atoms with Gasteiger partial charge in [0.15, 0.2) is 0 Å². The van der Waals surface area contributed by atoms with Crippen LogP contribution in [0, 0.1) is 0 Å². The fourth-order valence-electron chi connectivity index (χ4n) is 1.29. The van der Waals surface area contributed by atoms with Crippen LogP contribution in [0.3, 0.4) is 0 Å². The van der Waals surface area contributed by atoms with E-state index in [0.29, 0.717) is 12.2 Å². The molecule has 1 heterocycles. The Morgan fingerprint density at radius 1 is 1.44 bits per heavy atom. The average Bonchev–Trinajstić information content (AvgIpc) is 2.76. The van der Waals surface area contributed by atoms with Crippen LogP contribution >= 0.6 is 0 Å². The first kappa shape index (κ1) is 14.0. The van der Waals surface area contributed by atoms with E-state index in [2.05, 4.69) is 11.3 Å². The lowest BCUT2D eigenvalue weighted by molar-refractivity contribution is -0.166. The lowest BCUT2D eigenvalue weighted by Gasteiger charge is -2.08. The molecule has 0 radical (unpaired) electrons. The summed E-state index contributed by atoms with van der Waals surface area (Å²) in [5.41, 5.74) is 0. The monoisotopic (exact) mass is 252 g/mol. The number of carbonyl (C=O) groups excluding carboxylic acids is 2. The van der Waals surface area contributed by atoms with Crippen molar-refractivity contribution >= 4 is 11.9 Å². The third-order valence-electron chi connectivity index (χ3n) is 2.27. The van der Waals surface area contributed by atoms with E-state index in [1.165, 1.54) is 6.92 Å². The highest BCUT2D eigenvalue weighted by atomic mass is 16.7. The van der Waals surface area contributed by atoms with Gasteiger partial charge in [0.05, 0.1) is 0 Å². The number of ether oxygens (including phenoxy) is 2. The van der Waals surface area contributed by atoms with Gasteiger partial charge >= 0.3 is 11.9 Å². The van der Waals surface area contributed by atoms with E-state index in [9.17, 15) is 9.59 Å². The summed E-state index contributed by atoms with van der Waals surface area (Å²) in [6.45, 7) is 6.13. The largest absolute Gasteiger partial charge is 0.465 e. The Morgan fingerprint density at radius 2 is 2.17 bits per heavy atom. The minimum atomic E-state index is -0.542. The van der Waals surface area contributed by atoms with Gasteiger partial charge in [-0.25, -0.2) is 0 Å². The molecule has 0 aliphatic rings. The molecule has 1 aromatic heterocycles. The van der Waals surface area contributed by atoms with Crippen molar-refractivity contribution in [3.05, 3.63) is 36.3 Å². The molecule has 0 spiro atoms. The van der Waals surface area contributed by atoms with Crippen LogP contribution in [0.25, 0.3) is 0 Å². The summed E-state index contributed by atoms with van der Waals surface area (Å²) < 4.78 is 14.7. The van der Waals surface area contributed by atoms with Gasteiger partial charge in [0.1, 0.15) is 17.4 Å². The van der Waals surface area contributed by atoms with Crippen LogP contribution in [-0.2, 0) is 25.5 Å². The third-order valence-corrected chi connectivity index (χ3v) is 2.27. The van der Waals surface area contributed by atoms with Crippen LogP contribution in [0.2, 0.25) is 0 Å². The number of furan rings is 1. The fraction of sp³-hybridized carbons (Fsp3) is 0.385. The maximum Gasteiger partial charge on any atom is 0.319 e. The number of esters is 2. The van der Waals surface area contributed by atoms with E-state index in [-0.39, 0.29) is 6.79 Å². The van der Waals surface area contributed by atoms with Gasteiger partial charge in [-0.05, 0) is 19.1 Å². The molecule has 5 nitrogen and oxygen atoms in total. The lowest BCUT2D eigenvalue weighted by Crippen LogP contribution is -2.16. The molecule has 0 bridgehead atoms. The number of allylic oxidation sites excluding steroid dienone is 1. The van der Waals surface area contributed by atoms with E-state index in [4.69, 9.17) is 9.15 Å². The molecular weight excluding hydrogens is 236 g/mol. The van der Waals surface area contributed by atoms with Crippen molar-refractivity contribution in [2.45, 2.75) is 26.2 Å². The molecule has 0 saturated carbocycles. The summed E-state index contributed by atoms with van der Waals surface area (Å²) in [4.78, 5) is 22.1. The maximum atomic E-state index is 11.6. The Morgan fingerprint density at radius 3 is 2.78 bits per heavy atom. The molecule has 0 aliphatic heterocycles. The van der Waals surface area contributed by atoms with Crippen molar-refractivity contribution < 1.29 is 23.5 Å². The van der Waals surface area contributed by atoms with Gasteiger partial charge in [-0.1, -0.05) is 6.08 Å². The summed E-state index contributed by atoms with van der Waals surface area (Å²) in [7, 11) is 0. The van der Waals surface area contributed by atoms with E-state index in [1.54, 1.807) is 25.1 Å². The van der Waals surface area contributed by atoms with Gasteiger partial charge in [-0.2, -0.15) is 0 Å². The first-order chi connectivity index (χ1) is 8.54. The van der Waals surface area contributed by atoms with Crippen LogP contribution < -0.4 is 0 Å². The van der Waals surface area contributed by atoms with Crippen molar-refractivity contribution in [1.82, 2.24) is 0 Å². The topological polar surface area (TPSA) is 65.7 Å². The molecule has 0 aromatic carbocycles. The Balaban J connectivity index is 2.51. The predicted octanol–water partition coefficient (Wildman–Crippen LogP) is 2.18. The van der Waals surface area contributed by atoms with Gasteiger partial charge in [0.25, 0.3) is 0 Å². The molecule has 0 aliphatic carbocycles. The molecule has 1 unspecified atom stereocenters. The Hall–Kier alpha value is -2.04. The smallest absolute Gasteiger partial charge is 0.319 e. The van der Waals surface area contributed by atoms with Crippen LogP contribution in [0.15, 0.2) is 29.2 Å². The zero-order chi connectivity index (χ0) is 13.5. The first-order valence-corrected chi connectivity index (χ1v) is 5.54. The SMILES string of the molecule is C=CCc1ccc(C(C)C(=O)OCOC(C)=O)o1. The minimum Gasteiger partial charge on any atom is -0.465 e. The summed E-state index contributed by atoms with van der Waals surface area (Å²) in [5, 5.41) is 0. The van der Waals surface area contributed by atoms with Gasteiger partial charge in [0, 0.05) is 13.3 Å². The lowest BCUT2D eigenvalue weighted by atomic mass is 10.1. The average molecular weight is 252 g/mol. The normalized spacial score (nSPS) is 11.7. The molecular formula is C13H16O5. The first-order valence-electron chi connectivity index (χ1n) is 5.54. The van der Waals surface area contributed by atoms with E-state index in [1.807, 2.05) is 0 Å². The maximum absolute atomic E-state index is 11.6. The third kappa shape index (κ3) is 4.08. The second-order valence-electron chi connectivity index (χ2n) is 3.74. The highest BCUT2D eigenvalue weighted by Crippen LogP contribution is 2.20. The number of hydrogen-bond donors (Lipinski definition) is 0. The Labute approximate surface area is 105 Å². The van der Waals surface area contributed by atoms with E-state index in [0.717, 1.165) is 5.76 Å². The fourth-order valence-corrected chi connectivity index (χ4v) is 1.29. The summed E-state index contributed by atoms with van der Waals surface area (Å²) in [5.74, 6) is -0.295. The molecule has 5 heteroatoms. The summed E-state index contributed by atoms with van der Waals surface area (Å²) in [6.07, 6.45) is 2.32. The number of rotatable bonds is 6. The molecule has 0 fully saturated rings. The molecule has 98 valence electrons. The Kier molecular flexibility index (Phi) is 5.17. The highest BCUT2D eigenvalue weighted by Gasteiger charge is 2.20. The molecule has 18 heavy (non-hydrogen) atoms. The zero-order valence-electron chi connectivity index (χ0n) is 10.5. The van der Waals surface area contributed by atoms with Gasteiger partial charge < -0.3 is 13.9 Å². The summed E-state index contributed by atoms with van der Waals surface area (Å²) >= 11 is 0. The van der Waals surface area contributed by atoms with E-state index >= 15 is 0 Å². The molecule has 0 amide bonds. The molecule has 0 N–H and O–H groups in total. The molecule has 1 rings (SSSR count). The van der Waals surface area contributed by atoms with Crippen molar-refractivity contribution in [3.63, 3.8) is 0 Å². The van der Waals surface area contributed by atoms with Crippen LogP contribution in [0.4, 0.5) is 0 Å². The van der Waals surface area contributed by atoms with Gasteiger partial charge in [-0.3, -0.25) is 9.59 Å². The second kappa shape index (κ2) is 6.64. The second-order valence-corrected chi connectivity index (χ2v) is 3.74. The standard InChI is InChI=1S/C13H16O5/c1-4-5-11-6-7-12(18-11)9(2)13(15)17-8-16-10(3)14/h4,6-7,9H,1,5,8H2,2-3H3. The van der Waals surface area contributed by atoms with Crippen molar-refractivity contribution in [2.75, 3.05) is 6.79 Å². The summed E-state index contributed by atoms with van der Waals surface area (Å²) in [6, 6.07) is 3.50. The zero-order valence-corrected chi connectivity index (χ0v) is 10.5. The van der Waals surface area contributed by atoms with Crippen LogP contribution in [0.5, 0.6) is 0 Å². The van der Waals surface area contributed by atoms with Gasteiger partial charge in [-0.15, -0.1) is 6.58 Å². The highest BCUT2D eigenvalue weighted by molar-refractivity contribution is 5.77. The van der Waals surface area contributed by atoms with Gasteiger partial charge in [0.2, 0.25) is 6.79 Å². The molecule has 1 atom stereocenters. The Bertz CT molecular complexity index is 432. The van der Waals surface area contributed by atoms with Crippen molar-refractivity contribution in [2.24, 2.45) is 0 Å². The van der Waals surface area contributed by atoms with Crippen molar-refractivity contribution in [3.8, 4) is 0 Å². The predicted molar refractivity (Wildman–Crippen MR) is 63.7 cm³/mol. The minimum absolute atomic E-state index is 0.376. The number of carbonyl (C=O) groups is 2. The van der Waals surface area contributed by atoms with Crippen LogP contribution in [-0.4, -0.2) is 18.7 Å². The molecule has 0 saturated heterocycles. The molecule has 1 aromatic rings. The van der Waals surface area contributed by atoms with Crippen LogP contribution in [0.1, 0.15) is 31.3 Å². The quantitative estimate of drug-likeness (QED) is 0.441. The van der Waals surface area contributed by atoms with E-state index < -0.39 is 17.9 Å². The number of hydrogen-bond acceptors (Lipinski definition) is 5. The van der Waals surface area contributed by atoms with Crippen molar-refractivity contribution in [1.29, 1.82) is 0 Å².